The molecular formula is C19H19ClN6O. The standard InChI is InChI=1S/C19H19ClN6O/c20-14-11-22-19(23-12-14)24-15-3-5-16(6-4-15)26-18(27)8-7-17(25-26)13-2-1-9-21-10-13/h1-2,7-12,15-16H,3-6H2,(H,22,23,24). The number of rotatable bonds is 4. The van der Waals surface area contributed by atoms with E-state index in [1.54, 1.807) is 41.6 Å². The fourth-order valence-electron chi connectivity index (χ4n) is 3.39. The van der Waals surface area contributed by atoms with Gasteiger partial charge < -0.3 is 5.32 Å². The summed E-state index contributed by atoms with van der Waals surface area (Å²) in [6.07, 6.45) is 10.2. The fraction of sp³-hybridized carbons (Fsp3) is 0.316. The lowest BCUT2D eigenvalue weighted by atomic mass is 9.91. The van der Waals surface area contributed by atoms with Crippen molar-refractivity contribution in [1.29, 1.82) is 0 Å². The topological polar surface area (TPSA) is 85.6 Å². The lowest BCUT2D eigenvalue weighted by Crippen LogP contribution is -2.33. The van der Waals surface area contributed by atoms with Gasteiger partial charge in [0.05, 0.1) is 29.2 Å². The van der Waals surface area contributed by atoms with Crippen molar-refractivity contribution in [2.24, 2.45) is 0 Å². The molecule has 1 fully saturated rings. The van der Waals surface area contributed by atoms with Crippen molar-refractivity contribution >= 4 is 17.5 Å². The van der Waals surface area contributed by atoms with Crippen molar-refractivity contribution < 1.29 is 0 Å². The van der Waals surface area contributed by atoms with Gasteiger partial charge in [0.2, 0.25) is 5.95 Å². The van der Waals surface area contributed by atoms with E-state index in [0.29, 0.717) is 11.0 Å². The first-order chi connectivity index (χ1) is 13.2. The van der Waals surface area contributed by atoms with Crippen LogP contribution in [0, 0.1) is 0 Å². The predicted octanol–water partition coefficient (Wildman–Crippen LogP) is 3.34. The van der Waals surface area contributed by atoms with Gasteiger partial charge in [-0.1, -0.05) is 11.6 Å². The smallest absolute Gasteiger partial charge is 0.267 e. The molecule has 0 atom stereocenters. The molecule has 8 heteroatoms. The van der Waals surface area contributed by atoms with Crippen molar-refractivity contribution in [3.05, 3.63) is 64.4 Å². The van der Waals surface area contributed by atoms with Gasteiger partial charge in [-0.15, -0.1) is 0 Å². The average Bonchev–Trinajstić information content (AvgIpc) is 2.71. The normalized spacial score (nSPS) is 19.6. The molecular weight excluding hydrogens is 364 g/mol. The molecule has 7 nitrogen and oxygen atoms in total. The van der Waals surface area contributed by atoms with Gasteiger partial charge in [-0.2, -0.15) is 5.10 Å². The molecule has 138 valence electrons. The van der Waals surface area contributed by atoms with E-state index in [1.807, 2.05) is 12.1 Å². The molecule has 1 saturated carbocycles. The number of pyridine rings is 1. The van der Waals surface area contributed by atoms with Gasteiger partial charge in [0.15, 0.2) is 0 Å². The monoisotopic (exact) mass is 382 g/mol. The van der Waals surface area contributed by atoms with Gasteiger partial charge in [0.1, 0.15) is 0 Å². The van der Waals surface area contributed by atoms with E-state index in [1.165, 1.54) is 0 Å². The molecule has 0 aromatic carbocycles. The highest BCUT2D eigenvalue weighted by Crippen LogP contribution is 2.29. The number of nitrogens with one attached hydrogen (secondary N) is 1. The highest BCUT2D eigenvalue weighted by atomic mass is 35.5. The number of hydrogen-bond donors (Lipinski definition) is 1. The maximum absolute atomic E-state index is 12.3. The Labute approximate surface area is 161 Å². The molecule has 1 aliphatic carbocycles. The van der Waals surface area contributed by atoms with Crippen LogP contribution in [0.5, 0.6) is 0 Å². The molecule has 0 aliphatic heterocycles. The van der Waals surface area contributed by atoms with E-state index in [0.717, 1.165) is 36.9 Å². The van der Waals surface area contributed by atoms with Gasteiger partial charge in [0, 0.05) is 30.1 Å². The first-order valence-electron chi connectivity index (χ1n) is 8.93. The van der Waals surface area contributed by atoms with Gasteiger partial charge in [-0.3, -0.25) is 9.78 Å². The quantitative estimate of drug-likeness (QED) is 0.744. The molecule has 0 bridgehead atoms. The lowest BCUT2D eigenvalue weighted by Gasteiger charge is -2.29. The second-order valence-electron chi connectivity index (χ2n) is 6.62. The van der Waals surface area contributed by atoms with Crippen LogP contribution in [0.4, 0.5) is 5.95 Å². The van der Waals surface area contributed by atoms with Gasteiger partial charge in [-0.05, 0) is 43.9 Å². The van der Waals surface area contributed by atoms with Crippen molar-refractivity contribution in [1.82, 2.24) is 24.7 Å². The summed E-state index contributed by atoms with van der Waals surface area (Å²) in [5.74, 6) is 0.580. The van der Waals surface area contributed by atoms with E-state index in [9.17, 15) is 4.79 Å². The van der Waals surface area contributed by atoms with Crippen LogP contribution in [0.2, 0.25) is 5.02 Å². The van der Waals surface area contributed by atoms with Crippen LogP contribution < -0.4 is 10.9 Å². The molecule has 4 rings (SSSR count). The molecule has 1 N–H and O–H groups in total. The van der Waals surface area contributed by atoms with Crippen LogP contribution in [0.15, 0.2) is 53.8 Å². The average molecular weight is 383 g/mol. The Kier molecular flexibility index (Phi) is 5.11. The summed E-state index contributed by atoms with van der Waals surface area (Å²) >= 11 is 5.82. The summed E-state index contributed by atoms with van der Waals surface area (Å²) in [5.41, 5.74) is 1.60. The zero-order valence-electron chi connectivity index (χ0n) is 14.6. The van der Waals surface area contributed by atoms with Gasteiger partial charge >= 0.3 is 0 Å². The largest absolute Gasteiger partial charge is 0.351 e. The summed E-state index contributed by atoms with van der Waals surface area (Å²) in [5, 5.41) is 8.44. The van der Waals surface area contributed by atoms with Crippen LogP contribution in [0.1, 0.15) is 31.7 Å². The fourth-order valence-corrected chi connectivity index (χ4v) is 3.49. The number of anilines is 1. The van der Waals surface area contributed by atoms with E-state index in [4.69, 9.17) is 11.6 Å². The van der Waals surface area contributed by atoms with E-state index >= 15 is 0 Å². The number of aromatic nitrogens is 5. The van der Waals surface area contributed by atoms with Crippen LogP contribution in [0.25, 0.3) is 11.3 Å². The first-order valence-corrected chi connectivity index (χ1v) is 9.31. The molecule has 0 saturated heterocycles. The minimum Gasteiger partial charge on any atom is -0.351 e. The summed E-state index contributed by atoms with van der Waals surface area (Å²) in [4.78, 5) is 24.8. The van der Waals surface area contributed by atoms with Crippen LogP contribution >= 0.6 is 11.6 Å². The van der Waals surface area contributed by atoms with Crippen LogP contribution in [0.3, 0.4) is 0 Å². The highest BCUT2D eigenvalue weighted by molar-refractivity contribution is 6.30. The number of halogens is 1. The molecule has 3 aromatic heterocycles. The van der Waals surface area contributed by atoms with E-state index in [2.05, 4.69) is 25.4 Å². The van der Waals surface area contributed by atoms with Crippen molar-refractivity contribution in [3.8, 4) is 11.3 Å². The van der Waals surface area contributed by atoms with Crippen LogP contribution in [-0.2, 0) is 0 Å². The molecule has 0 spiro atoms. The summed E-state index contributed by atoms with van der Waals surface area (Å²) in [6.45, 7) is 0. The van der Waals surface area contributed by atoms with Gasteiger partial charge in [0.25, 0.3) is 5.56 Å². The molecule has 0 unspecified atom stereocenters. The highest BCUT2D eigenvalue weighted by Gasteiger charge is 2.24. The number of nitrogens with zero attached hydrogens (tertiary/aromatic N) is 5. The van der Waals surface area contributed by atoms with Crippen molar-refractivity contribution in [2.45, 2.75) is 37.8 Å². The van der Waals surface area contributed by atoms with Crippen molar-refractivity contribution in [3.63, 3.8) is 0 Å². The SMILES string of the molecule is O=c1ccc(-c2cccnc2)nn1C1CCC(Nc2ncc(Cl)cn2)CC1. The van der Waals surface area contributed by atoms with Crippen LogP contribution in [-0.4, -0.2) is 30.8 Å². The van der Waals surface area contributed by atoms with Crippen molar-refractivity contribution in [2.75, 3.05) is 5.32 Å². The third-order valence-corrected chi connectivity index (χ3v) is 4.97. The van der Waals surface area contributed by atoms with E-state index in [-0.39, 0.29) is 17.6 Å². The molecule has 3 aromatic rings. The molecule has 0 radical (unpaired) electrons. The second kappa shape index (κ2) is 7.84. The summed E-state index contributed by atoms with van der Waals surface area (Å²) in [6, 6.07) is 7.51. The Balaban J connectivity index is 1.45. The van der Waals surface area contributed by atoms with Gasteiger partial charge in [-0.25, -0.2) is 14.6 Å². The minimum absolute atomic E-state index is 0.0694. The maximum Gasteiger partial charge on any atom is 0.267 e. The second-order valence-corrected chi connectivity index (χ2v) is 7.05. The Hall–Kier alpha value is -2.80. The third-order valence-electron chi connectivity index (χ3n) is 4.78. The minimum atomic E-state index is -0.0694. The Morgan fingerprint density at radius 3 is 2.52 bits per heavy atom. The lowest BCUT2D eigenvalue weighted by molar-refractivity contribution is 0.304. The Bertz CT molecular complexity index is 952. The van der Waals surface area contributed by atoms with E-state index < -0.39 is 0 Å². The summed E-state index contributed by atoms with van der Waals surface area (Å²) < 4.78 is 1.62. The zero-order chi connectivity index (χ0) is 18.6. The third kappa shape index (κ3) is 4.14. The zero-order valence-corrected chi connectivity index (χ0v) is 15.4. The summed E-state index contributed by atoms with van der Waals surface area (Å²) in [7, 11) is 0. The first kappa shape index (κ1) is 17.6. The molecule has 0 amide bonds. The Morgan fingerprint density at radius 1 is 1.04 bits per heavy atom. The predicted molar refractivity (Wildman–Crippen MR) is 104 cm³/mol. The maximum atomic E-state index is 12.3. The molecule has 3 heterocycles. The number of hydrogen-bond acceptors (Lipinski definition) is 6. The Morgan fingerprint density at radius 2 is 1.81 bits per heavy atom. The molecule has 27 heavy (non-hydrogen) atoms. The molecule has 1 aliphatic rings.